The van der Waals surface area contributed by atoms with Crippen molar-refractivity contribution >= 4 is 11.4 Å². The molecule has 0 radical (unpaired) electrons. The second-order valence-electron chi connectivity index (χ2n) is 4.85. The maximum absolute atomic E-state index is 11.2. The minimum atomic E-state index is -0.736. The van der Waals surface area contributed by atoms with E-state index in [0.717, 1.165) is 12.8 Å². The summed E-state index contributed by atoms with van der Waals surface area (Å²) in [5.74, 6) is 0. The van der Waals surface area contributed by atoms with Crippen molar-refractivity contribution in [3.8, 4) is 0 Å². The van der Waals surface area contributed by atoms with Crippen LogP contribution in [0.2, 0.25) is 0 Å². The van der Waals surface area contributed by atoms with E-state index in [4.69, 9.17) is 0 Å². The monoisotopic (exact) mass is 266 g/mol. The lowest BCUT2D eigenvalue weighted by molar-refractivity contribution is -0.384. The third-order valence-electron chi connectivity index (χ3n) is 3.58. The lowest BCUT2D eigenvalue weighted by Crippen LogP contribution is -2.32. The van der Waals surface area contributed by atoms with E-state index < -0.39 is 11.0 Å². The van der Waals surface area contributed by atoms with Crippen LogP contribution in [0.5, 0.6) is 0 Å². The van der Waals surface area contributed by atoms with E-state index in [-0.39, 0.29) is 18.3 Å². The fourth-order valence-corrected chi connectivity index (χ4v) is 2.53. The zero-order valence-corrected chi connectivity index (χ0v) is 10.8. The molecule has 1 aliphatic heterocycles. The van der Waals surface area contributed by atoms with E-state index in [9.17, 15) is 20.3 Å². The van der Waals surface area contributed by atoms with Gasteiger partial charge in [0.25, 0.3) is 5.69 Å². The molecular formula is C13H18N2O4. The van der Waals surface area contributed by atoms with Gasteiger partial charge >= 0.3 is 0 Å². The number of nitrogens with zero attached hydrogens (tertiary/aromatic N) is 2. The fourth-order valence-electron chi connectivity index (χ4n) is 2.53. The van der Waals surface area contributed by atoms with Gasteiger partial charge in [0.1, 0.15) is 5.69 Å². The first-order valence-electron chi connectivity index (χ1n) is 6.38. The molecule has 1 aliphatic rings. The van der Waals surface area contributed by atoms with E-state index in [0.29, 0.717) is 17.8 Å². The normalized spacial score (nSPS) is 20.6. The zero-order chi connectivity index (χ0) is 14.0. The van der Waals surface area contributed by atoms with Gasteiger partial charge in [-0.25, -0.2) is 0 Å². The van der Waals surface area contributed by atoms with Crippen molar-refractivity contribution in [2.24, 2.45) is 0 Å². The van der Waals surface area contributed by atoms with Crippen LogP contribution in [0.3, 0.4) is 0 Å². The molecule has 0 saturated carbocycles. The van der Waals surface area contributed by atoms with E-state index in [2.05, 4.69) is 0 Å². The third kappa shape index (κ3) is 2.69. The molecule has 1 aromatic carbocycles. The molecule has 6 heteroatoms. The van der Waals surface area contributed by atoms with Crippen LogP contribution in [0.25, 0.3) is 0 Å². The van der Waals surface area contributed by atoms with E-state index >= 15 is 0 Å². The van der Waals surface area contributed by atoms with Crippen LogP contribution in [0.1, 0.15) is 31.4 Å². The molecular weight excluding hydrogens is 248 g/mol. The van der Waals surface area contributed by atoms with Crippen molar-refractivity contribution in [1.82, 2.24) is 0 Å². The van der Waals surface area contributed by atoms with Crippen molar-refractivity contribution in [2.75, 3.05) is 18.1 Å². The van der Waals surface area contributed by atoms with E-state index in [1.807, 2.05) is 4.90 Å². The molecule has 0 aromatic heterocycles. The Hall–Kier alpha value is -1.66. The highest BCUT2D eigenvalue weighted by atomic mass is 16.6. The molecule has 104 valence electrons. The number of hydrogen-bond acceptors (Lipinski definition) is 5. The van der Waals surface area contributed by atoms with Crippen LogP contribution in [0.15, 0.2) is 18.2 Å². The van der Waals surface area contributed by atoms with Gasteiger partial charge in [-0.15, -0.1) is 0 Å². The van der Waals surface area contributed by atoms with Crippen LogP contribution in [-0.2, 0) is 0 Å². The topological polar surface area (TPSA) is 86.8 Å². The Kier molecular flexibility index (Phi) is 4.01. The van der Waals surface area contributed by atoms with E-state index in [1.54, 1.807) is 19.1 Å². The number of anilines is 1. The Labute approximate surface area is 111 Å². The van der Waals surface area contributed by atoms with E-state index in [1.165, 1.54) is 6.07 Å². The Morgan fingerprint density at radius 1 is 1.58 bits per heavy atom. The first-order chi connectivity index (χ1) is 9.04. The van der Waals surface area contributed by atoms with Gasteiger partial charge in [0.2, 0.25) is 0 Å². The predicted molar refractivity (Wildman–Crippen MR) is 71.2 cm³/mol. The smallest absolute Gasteiger partial charge is 0.292 e. The molecule has 0 aliphatic carbocycles. The molecule has 2 N–H and O–H groups in total. The summed E-state index contributed by atoms with van der Waals surface area (Å²) in [7, 11) is 0. The standard InChI is InChI=1S/C13H18N2O4/c1-9(17)10-4-5-12(13(7-10)15(18)19)14-6-2-3-11(14)8-16/h4-5,7,9,11,16-17H,2-3,6,8H2,1H3. The van der Waals surface area contributed by atoms with Crippen LogP contribution < -0.4 is 4.90 Å². The minimum Gasteiger partial charge on any atom is -0.394 e. The summed E-state index contributed by atoms with van der Waals surface area (Å²) in [6, 6.07) is 4.71. The van der Waals surface area contributed by atoms with Crippen molar-refractivity contribution in [3.05, 3.63) is 33.9 Å². The first-order valence-corrected chi connectivity index (χ1v) is 6.38. The predicted octanol–water partition coefficient (Wildman–Crippen LogP) is 1.61. The van der Waals surface area contributed by atoms with Gasteiger partial charge in [0, 0.05) is 12.6 Å². The Balaban J connectivity index is 2.42. The van der Waals surface area contributed by atoms with Gasteiger partial charge in [-0.3, -0.25) is 10.1 Å². The molecule has 1 aromatic rings. The second-order valence-corrected chi connectivity index (χ2v) is 4.85. The summed E-state index contributed by atoms with van der Waals surface area (Å²) in [4.78, 5) is 12.6. The Morgan fingerprint density at radius 3 is 2.89 bits per heavy atom. The maximum atomic E-state index is 11.2. The highest BCUT2D eigenvalue weighted by Gasteiger charge is 2.29. The number of nitro benzene ring substituents is 1. The number of nitro groups is 1. The number of hydrogen-bond donors (Lipinski definition) is 2. The SMILES string of the molecule is CC(O)c1ccc(N2CCCC2CO)c([N+](=O)[O-])c1. The summed E-state index contributed by atoms with van der Waals surface area (Å²) < 4.78 is 0. The van der Waals surface area contributed by atoms with Crippen LogP contribution in [0.4, 0.5) is 11.4 Å². The number of benzene rings is 1. The number of aliphatic hydroxyl groups is 2. The lowest BCUT2D eigenvalue weighted by atomic mass is 10.1. The lowest BCUT2D eigenvalue weighted by Gasteiger charge is -2.25. The van der Waals surface area contributed by atoms with Gasteiger partial charge < -0.3 is 15.1 Å². The highest BCUT2D eigenvalue weighted by Crippen LogP contribution is 2.35. The summed E-state index contributed by atoms with van der Waals surface area (Å²) in [6.07, 6.45) is 1.02. The quantitative estimate of drug-likeness (QED) is 0.638. The number of rotatable bonds is 4. The van der Waals surface area contributed by atoms with Crippen molar-refractivity contribution < 1.29 is 15.1 Å². The Morgan fingerprint density at radius 2 is 2.32 bits per heavy atom. The third-order valence-corrected chi connectivity index (χ3v) is 3.58. The molecule has 2 unspecified atom stereocenters. The molecule has 1 saturated heterocycles. The number of aliphatic hydroxyl groups excluding tert-OH is 2. The Bertz CT molecular complexity index is 476. The van der Waals surface area contributed by atoms with Crippen LogP contribution >= 0.6 is 0 Å². The average molecular weight is 266 g/mol. The van der Waals surface area contributed by atoms with Crippen LogP contribution in [-0.4, -0.2) is 34.3 Å². The molecule has 19 heavy (non-hydrogen) atoms. The zero-order valence-electron chi connectivity index (χ0n) is 10.8. The molecule has 0 bridgehead atoms. The highest BCUT2D eigenvalue weighted by molar-refractivity contribution is 5.65. The molecule has 2 atom stereocenters. The van der Waals surface area contributed by atoms with Gasteiger partial charge in [-0.2, -0.15) is 0 Å². The second kappa shape index (κ2) is 5.54. The van der Waals surface area contributed by atoms with Crippen molar-refractivity contribution in [1.29, 1.82) is 0 Å². The van der Waals surface area contributed by atoms with Crippen molar-refractivity contribution in [3.63, 3.8) is 0 Å². The van der Waals surface area contributed by atoms with Gasteiger partial charge in [0.05, 0.1) is 23.7 Å². The average Bonchev–Trinajstić information content (AvgIpc) is 2.85. The molecule has 1 heterocycles. The first kappa shape index (κ1) is 13.8. The van der Waals surface area contributed by atoms with Crippen LogP contribution in [0, 0.1) is 10.1 Å². The fraction of sp³-hybridized carbons (Fsp3) is 0.538. The molecule has 1 fully saturated rings. The summed E-state index contributed by atoms with van der Waals surface area (Å²) in [6.45, 7) is 2.28. The van der Waals surface area contributed by atoms with Gasteiger partial charge in [-0.1, -0.05) is 6.07 Å². The molecule has 2 rings (SSSR count). The molecule has 0 amide bonds. The summed E-state index contributed by atoms with van der Waals surface area (Å²) in [5, 5.41) is 30.0. The largest absolute Gasteiger partial charge is 0.394 e. The summed E-state index contributed by atoms with van der Waals surface area (Å²) >= 11 is 0. The maximum Gasteiger partial charge on any atom is 0.292 e. The van der Waals surface area contributed by atoms with Gasteiger partial charge in [-0.05, 0) is 31.4 Å². The summed E-state index contributed by atoms with van der Waals surface area (Å²) in [5.41, 5.74) is 1.03. The van der Waals surface area contributed by atoms with Crippen molar-refractivity contribution in [2.45, 2.75) is 31.9 Å². The molecule has 0 spiro atoms. The minimum absolute atomic E-state index is 0.00465. The molecule has 6 nitrogen and oxygen atoms in total. The van der Waals surface area contributed by atoms with Gasteiger partial charge in [0.15, 0.2) is 0 Å².